The zero-order chi connectivity index (χ0) is 19.2. The van der Waals surface area contributed by atoms with Crippen LogP contribution >= 0.6 is 0 Å². The summed E-state index contributed by atoms with van der Waals surface area (Å²) in [6.45, 7) is 2.16. The number of aryl methyl sites for hydroxylation is 1. The maximum Gasteiger partial charge on any atom is 0.389 e. The van der Waals surface area contributed by atoms with Crippen molar-refractivity contribution in [2.45, 2.75) is 57.3 Å². The van der Waals surface area contributed by atoms with Crippen molar-refractivity contribution >= 4 is 11.8 Å². The number of likely N-dealkylation sites (tertiary alicyclic amines) is 2. The third kappa shape index (κ3) is 3.53. The number of carbonyl (C=O) groups excluding carboxylic acids is 2. The van der Waals surface area contributed by atoms with Crippen molar-refractivity contribution in [2.75, 3.05) is 19.6 Å². The van der Waals surface area contributed by atoms with E-state index in [9.17, 15) is 22.8 Å². The summed E-state index contributed by atoms with van der Waals surface area (Å²) in [4.78, 5) is 28.1. The molecule has 4 rings (SSSR count). The molecule has 2 amide bonds. The van der Waals surface area contributed by atoms with Gasteiger partial charge in [0, 0.05) is 51.0 Å². The summed E-state index contributed by atoms with van der Waals surface area (Å²) in [5, 5.41) is 8.19. The van der Waals surface area contributed by atoms with Crippen molar-refractivity contribution in [1.29, 1.82) is 0 Å². The van der Waals surface area contributed by atoms with Crippen molar-refractivity contribution < 1.29 is 22.8 Å². The lowest BCUT2D eigenvalue weighted by Crippen LogP contribution is -2.65. The smallest absolute Gasteiger partial charge is 0.339 e. The highest BCUT2D eigenvalue weighted by Crippen LogP contribution is 2.34. The number of nitrogens with zero attached hydrogens (tertiary/aromatic N) is 5. The first-order chi connectivity index (χ1) is 12.8. The topological polar surface area (TPSA) is 71.3 Å². The van der Waals surface area contributed by atoms with Crippen molar-refractivity contribution in [1.82, 2.24) is 24.6 Å². The van der Waals surface area contributed by atoms with Crippen LogP contribution in [0.5, 0.6) is 0 Å². The number of piperidine rings is 1. The first-order valence-corrected chi connectivity index (χ1v) is 9.41. The number of alkyl halides is 3. The number of rotatable bonds is 3. The van der Waals surface area contributed by atoms with Crippen molar-refractivity contribution in [3.63, 3.8) is 0 Å². The van der Waals surface area contributed by atoms with Gasteiger partial charge in [-0.15, -0.1) is 10.2 Å². The number of amides is 2. The molecule has 1 aromatic heterocycles. The zero-order valence-electron chi connectivity index (χ0n) is 14.9. The van der Waals surface area contributed by atoms with Gasteiger partial charge in [-0.25, -0.2) is 0 Å². The second kappa shape index (κ2) is 6.79. The Hall–Kier alpha value is -2.13. The molecule has 148 valence electrons. The second-order valence-electron chi connectivity index (χ2n) is 7.58. The molecule has 4 heterocycles. The Morgan fingerprint density at radius 1 is 1.11 bits per heavy atom. The fourth-order valence-electron chi connectivity index (χ4n) is 4.33. The molecule has 3 aliphatic heterocycles. The lowest BCUT2D eigenvalue weighted by Gasteiger charge is -2.53. The van der Waals surface area contributed by atoms with Crippen molar-refractivity contribution in [3.05, 3.63) is 11.6 Å². The van der Waals surface area contributed by atoms with E-state index in [0.717, 1.165) is 31.6 Å². The van der Waals surface area contributed by atoms with Crippen molar-refractivity contribution in [2.24, 2.45) is 5.92 Å². The lowest BCUT2D eigenvalue weighted by molar-refractivity contribution is -0.159. The van der Waals surface area contributed by atoms with E-state index >= 15 is 0 Å². The Labute approximate surface area is 154 Å². The molecule has 0 radical (unpaired) electrons. The molecule has 1 aromatic rings. The molecule has 0 unspecified atom stereocenters. The maximum absolute atomic E-state index is 12.8. The summed E-state index contributed by atoms with van der Waals surface area (Å²) in [6.07, 6.45) is -2.41. The average Bonchev–Trinajstić information content (AvgIpc) is 3.04. The zero-order valence-corrected chi connectivity index (χ0v) is 14.9. The number of aromatic nitrogens is 3. The largest absolute Gasteiger partial charge is 0.389 e. The van der Waals surface area contributed by atoms with E-state index in [1.165, 1.54) is 4.90 Å². The fourth-order valence-corrected chi connectivity index (χ4v) is 4.33. The highest BCUT2D eigenvalue weighted by atomic mass is 19.4. The summed E-state index contributed by atoms with van der Waals surface area (Å²) in [7, 11) is 0. The fraction of sp³-hybridized carbons (Fsp3) is 0.765. The van der Waals surface area contributed by atoms with Crippen LogP contribution in [0.25, 0.3) is 0 Å². The molecule has 0 N–H and O–H groups in total. The molecule has 27 heavy (non-hydrogen) atoms. The third-order valence-electron chi connectivity index (χ3n) is 5.81. The van der Waals surface area contributed by atoms with E-state index < -0.39 is 24.9 Å². The Balaban J connectivity index is 1.34. The van der Waals surface area contributed by atoms with E-state index in [0.29, 0.717) is 31.9 Å². The number of hydrogen-bond donors (Lipinski definition) is 0. The molecule has 2 fully saturated rings. The number of carbonyl (C=O) groups is 2. The van der Waals surface area contributed by atoms with Gasteiger partial charge in [-0.2, -0.15) is 13.2 Å². The average molecular weight is 385 g/mol. The first kappa shape index (κ1) is 18.2. The minimum Gasteiger partial charge on any atom is -0.339 e. The summed E-state index contributed by atoms with van der Waals surface area (Å²) >= 11 is 0. The number of fused-ring (bicyclic) bond motifs is 2. The molecule has 0 aliphatic carbocycles. The van der Waals surface area contributed by atoms with Crippen LogP contribution in [0, 0.1) is 5.92 Å². The van der Waals surface area contributed by atoms with Crippen LogP contribution in [0.4, 0.5) is 13.2 Å². The summed E-state index contributed by atoms with van der Waals surface area (Å²) in [6, 6.07) is -0.0536. The Bertz CT molecular complexity index is 747. The van der Waals surface area contributed by atoms with Gasteiger partial charge in [0.05, 0.1) is 6.42 Å². The monoisotopic (exact) mass is 385 g/mol. The van der Waals surface area contributed by atoms with E-state index in [2.05, 4.69) is 10.2 Å². The minimum atomic E-state index is -4.31. The predicted octanol–water partition coefficient (Wildman–Crippen LogP) is 1.63. The Morgan fingerprint density at radius 2 is 1.93 bits per heavy atom. The van der Waals surface area contributed by atoms with Gasteiger partial charge < -0.3 is 14.4 Å². The van der Waals surface area contributed by atoms with Gasteiger partial charge >= 0.3 is 6.18 Å². The van der Waals surface area contributed by atoms with E-state index in [4.69, 9.17) is 0 Å². The molecule has 7 nitrogen and oxygen atoms in total. The molecular formula is C17H22F3N5O2. The van der Waals surface area contributed by atoms with Crippen LogP contribution in [0.3, 0.4) is 0 Å². The van der Waals surface area contributed by atoms with Gasteiger partial charge in [-0.1, -0.05) is 0 Å². The molecule has 0 spiro atoms. The van der Waals surface area contributed by atoms with Gasteiger partial charge in [-0.3, -0.25) is 9.59 Å². The minimum absolute atomic E-state index is 0.0536. The Kier molecular flexibility index (Phi) is 4.59. The maximum atomic E-state index is 12.8. The van der Waals surface area contributed by atoms with Crippen LogP contribution in [0.2, 0.25) is 0 Å². The van der Waals surface area contributed by atoms with Crippen LogP contribution in [0.1, 0.15) is 48.5 Å². The molecule has 0 bridgehead atoms. The van der Waals surface area contributed by atoms with Crippen molar-refractivity contribution in [3.8, 4) is 0 Å². The van der Waals surface area contributed by atoms with Gasteiger partial charge in [0.1, 0.15) is 5.82 Å². The third-order valence-corrected chi connectivity index (χ3v) is 5.81. The molecule has 10 heteroatoms. The Morgan fingerprint density at radius 3 is 2.67 bits per heavy atom. The normalized spacial score (nSPS) is 24.9. The first-order valence-electron chi connectivity index (χ1n) is 9.41. The molecule has 3 aliphatic rings. The van der Waals surface area contributed by atoms with Gasteiger partial charge in [0.2, 0.25) is 11.7 Å². The molecule has 2 atom stereocenters. The molecular weight excluding hydrogens is 363 g/mol. The van der Waals surface area contributed by atoms with Gasteiger partial charge in [0.25, 0.3) is 5.91 Å². The summed E-state index contributed by atoms with van der Waals surface area (Å²) in [5.41, 5.74) is 0. The second-order valence-corrected chi connectivity index (χ2v) is 7.58. The summed E-state index contributed by atoms with van der Waals surface area (Å²) < 4.78 is 38.8. The molecule has 0 saturated carbocycles. The van der Waals surface area contributed by atoms with E-state index in [1.807, 2.05) is 4.57 Å². The van der Waals surface area contributed by atoms with Crippen LogP contribution < -0.4 is 0 Å². The number of halogens is 3. The highest BCUT2D eigenvalue weighted by Gasteiger charge is 2.46. The molecule has 2 saturated heterocycles. The SMILES string of the molecule is O=C(c1nnc2n1CCCC2)N1CC[C@H]2[C@@H](C1)CN2C(=O)CCC(F)(F)F. The highest BCUT2D eigenvalue weighted by molar-refractivity contribution is 5.91. The quantitative estimate of drug-likeness (QED) is 0.793. The predicted molar refractivity (Wildman–Crippen MR) is 87.8 cm³/mol. The van der Waals surface area contributed by atoms with Crippen LogP contribution in [-0.2, 0) is 17.8 Å². The van der Waals surface area contributed by atoms with Crippen LogP contribution in [-0.4, -0.2) is 68.2 Å². The summed E-state index contributed by atoms with van der Waals surface area (Å²) in [5.74, 6) is 0.766. The van der Waals surface area contributed by atoms with E-state index in [-0.39, 0.29) is 17.9 Å². The standard InChI is InChI=1S/C17H22F3N5O2/c18-17(19,20)6-4-14(26)25-10-11-9-23(8-5-12(11)25)16(27)15-22-21-13-3-1-2-7-24(13)15/h11-12H,1-10H2/t11-,12-/m0/s1. The molecule has 0 aromatic carbocycles. The van der Waals surface area contributed by atoms with Gasteiger partial charge in [0.15, 0.2) is 0 Å². The number of hydrogen-bond acceptors (Lipinski definition) is 4. The lowest BCUT2D eigenvalue weighted by atomic mass is 9.82. The van der Waals surface area contributed by atoms with Gasteiger partial charge in [-0.05, 0) is 19.3 Å². The van der Waals surface area contributed by atoms with E-state index in [1.54, 1.807) is 4.90 Å². The van der Waals surface area contributed by atoms with Crippen LogP contribution in [0.15, 0.2) is 0 Å².